The van der Waals surface area contributed by atoms with Crippen LogP contribution >= 0.6 is 11.8 Å². The Morgan fingerprint density at radius 3 is 2.65 bits per heavy atom. The van der Waals surface area contributed by atoms with Gasteiger partial charge in [0.05, 0.1) is 19.4 Å². The molecule has 2 rings (SSSR count). The second-order valence-electron chi connectivity index (χ2n) is 6.10. The van der Waals surface area contributed by atoms with Crippen molar-refractivity contribution in [2.24, 2.45) is 5.10 Å². The maximum absolute atomic E-state index is 5.82. The van der Waals surface area contributed by atoms with Crippen LogP contribution < -0.4 is 9.47 Å². The molecule has 0 bridgehead atoms. The standard InChI is InChI=1S/C19H28N4O2S/c1-6-8-11-25-16-10-9-15(12-17(16)24-7-2)13-20-23-18(14(3)4)21-22-19(23)26-5/h9-10,12-14H,6-8,11H2,1-5H3/b20-13-. The normalized spacial score (nSPS) is 11.5. The number of unbranched alkanes of at least 4 members (excludes halogenated alkanes) is 1. The van der Waals surface area contributed by atoms with Crippen LogP contribution in [0.25, 0.3) is 0 Å². The SMILES string of the molecule is CCCCOc1ccc(/C=N\n2c(SC)nnc2C(C)C)cc1OCC. The van der Waals surface area contributed by atoms with E-state index in [2.05, 4.69) is 36.1 Å². The van der Waals surface area contributed by atoms with Crippen molar-refractivity contribution in [3.8, 4) is 11.5 Å². The molecule has 1 aromatic carbocycles. The number of rotatable bonds is 10. The van der Waals surface area contributed by atoms with Gasteiger partial charge in [-0.15, -0.1) is 10.2 Å². The molecule has 0 aliphatic carbocycles. The van der Waals surface area contributed by atoms with Gasteiger partial charge in [-0.3, -0.25) is 0 Å². The third-order valence-corrected chi connectivity index (χ3v) is 4.30. The molecule has 0 aliphatic heterocycles. The Hall–Kier alpha value is -2.02. The lowest BCUT2D eigenvalue weighted by molar-refractivity contribution is 0.272. The summed E-state index contributed by atoms with van der Waals surface area (Å²) in [5.41, 5.74) is 0.937. The van der Waals surface area contributed by atoms with Crippen molar-refractivity contribution in [3.63, 3.8) is 0 Å². The average molecular weight is 377 g/mol. The van der Waals surface area contributed by atoms with E-state index in [4.69, 9.17) is 9.47 Å². The van der Waals surface area contributed by atoms with E-state index in [9.17, 15) is 0 Å². The highest BCUT2D eigenvalue weighted by molar-refractivity contribution is 7.98. The van der Waals surface area contributed by atoms with E-state index in [0.717, 1.165) is 40.9 Å². The third kappa shape index (κ3) is 5.24. The molecule has 1 aromatic heterocycles. The summed E-state index contributed by atoms with van der Waals surface area (Å²) in [5.74, 6) is 2.60. The highest BCUT2D eigenvalue weighted by Crippen LogP contribution is 2.28. The number of nitrogens with zero attached hydrogens (tertiary/aromatic N) is 4. The minimum absolute atomic E-state index is 0.244. The summed E-state index contributed by atoms with van der Waals surface area (Å²) in [5, 5.41) is 13.8. The number of ether oxygens (including phenoxy) is 2. The summed E-state index contributed by atoms with van der Waals surface area (Å²) in [4.78, 5) is 0. The molecule has 0 radical (unpaired) electrons. The topological polar surface area (TPSA) is 61.5 Å². The van der Waals surface area contributed by atoms with Crippen LogP contribution in [0.3, 0.4) is 0 Å². The maximum Gasteiger partial charge on any atom is 0.211 e. The highest BCUT2D eigenvalue weighted by atomic mass is 32.2. The summed E-state index contributed by atoms with van der Waals surface area (Å²) in [7, 11) is 0. The first-order valence-electron chi connectivity index (χ1n) is 9.03. The van der Waals surface area contributed by atoms with Crippen molar-refractivity contribution in [2.45, 2.75) is 51.6 Å². The lowest BCUT2D eigenvalue weighted by Crippen LogP contribution is -2.03. The van der Waals surface area contributed by atoms with Crippen LogP contribution in [0.15, 0.2) is 28.5 Å². The van der Waals surface area contributed by atoms with Gasteiger partial charge >= 0.3 is 0 Å². The van der Waals surface area contributed by atoms with Gasteiger partial charge in [-0.05, 0) is 43.4 Å². The van der Waals surface area contributed by atoms with Gasteiger partial charge < -0.3 is 9.47 Å². The summed E-state index contributed by atoms with van der Waals surface area (Å²) in [6.07, 6.45) is 5.89. The fourth-order valence-corrected chi connectivity index (χ4v) is 2.75. The fraction of sp³-hybridized carbons (Fsp3) is 0.526. The van der Waals surface area contributed by atoms with Crippen LogP contribution in [0.2, 0.25) is 0 Å². The van der Waals surface area contributed by atoms with Crippen LogP contribution in [0.5, 0.6) is 11.5 Å². The van der Waals surface area contributed by atoms with Crippen molar-refractivity contribution < 1.29 is 9.47 Å². The minimum atomic E-state index is 0.244. The van der Waals surface area contributed by atoms with Crippen molar-refractivity contribution in [3.05, 3.63) is 29.6 Å². The zero-order chi connectivity index (χ0) is 18.9. The second kappa shape index (κ2) is 10.2. The number of aromatic nitrogens is 3. The van der Waals surface area contributed by atoms with Gasteiger partial charge in [0.25, 0.3) is 0 Å². The molecule has 0 fully saturated rings. The lowest BCUT2D eigenvalue weighted by atomic mass is 10.2. The van der Waals surface area contributed by atoms with Gasteiger partial charge in [0, 0.05) is 5.92 Å². The quantitative estimate of drug-likeness (QED) is 0.345. The Balaban J connectivity index is 2.25. The molecule has 0 saturated carbocycles. The maximum atomic E-state index is 5.82. The van der Waals surface area contributed by atoms with Gasteiger partial charge in [-0.25, -0.2) is 0 Å². The van der Waals surface area contributed by atoms with Gasteiger partial charge in [0.1, 0.15) is 0 Å². The first-order chi connectivity index (χ1) is 12.6. The highest BCUT2D eigenvalue weighted by Gasteiger charge is 2.13. The van der Waals surface area contributed by atoms with E-state index in [0.29, 0.717) is 13.2 Å². The number of thioether (sulfide) groups is 1. The summed E-state index contributed by atoms with van der Waals surface area (Å²) < 4.78 is 13.3. The Bertz CT molecular complexity index is 728. The van der Waals surface area contributed by atoms with Crippen LogP contribution in [0.1, 0.15) is 57.8 Å². The van der Waals surface area contributed by atoms with E-state index >= 15 is 0 Å². The molecular weight excluding hydrogens is 348 g/mol. The zero-order valence-corrected chi connectivity index (χ0v) is 17.0. The predicted molar refractivity (Wildman–Crippen MR) is 107 cm³/mol. The molecule has 142 valence electrons. The monoisotopic (exact) mass is 376 g/mol. The first-order valence-corrected chi connectivity index (χ1v) is 10.3. The smallest absolute Gasteiger partial charge is 0.211 e. The Labute approximate surface area is 160 Å². The average Bonchev–Trinajstić information content (AvgIpc) is 3.05. The van der Waals surface area contributed by atoms with Gasteiger partial charge in [0.2, 0.25) is 5.16 Å². The van der Waals surface area contributed by atoms with E-state index in [1.165, 1.54) is 11.8 Å². The number of benzene rings is 1. The van der Waals surface area contributed by atoms with Gasteiger partial charge in [0.15, 0.2) is 17.3 Å². The molecule has 0 aliphatic rings. The zero-order valence-electron chi connectivity index (χ0n) is 16.2. The van der Waals surface area contributed by atoms with E-state index in [-0.39, 0.29) is 5.92 Å². The van der Waals surface area contributed by atoms with Crippen molar-refractivity contribution in [1.82, 2.24) is 14.9 Å². The second-order valence-corrected chi connectivity index (χ2v) is 6.87. The molecule has 0 unspecified atom stereocenters. The van der Waals surface area contributed by atoms with Crippen LogP contribution in [-0.4, -0.2) is 40.6 Å². The lowest BCUT2D eigenvalue weighted by Gasteiger charge is -2.12. The van der Waals surface area contributed by atoms with Crippen LogP contribution in [0.4, 0.5) is 0 Å². The fourth-order valence-electron chi connectivity index (χ4n) is 2.32. The summed E-state index contributed by atoms with van der Waals surface area (Å²) >= 11 is 1.52. The molecule has 2 aromatic rings. The predicted octanol–water partition coefficient (Wildman–Crippen LogP) is 4.58. The Morgan fingerprint density at radius 2 is 2.00 bits per heavy atom. The van der Waals surface area contributed by atoms with Crippen molar-refractivity contribution >= 4 is 18.0 Å². The van der Waals surface area contributed by atoms with Gasteiger partial charge in [-0.1, -0.05) is 39.0 Å². The van der Waals surface area contributed by atoms with E-state index in [1.54, 1.807) is 10.9 Å². The third-order valence-electron chi connectivity index (χ3n) is 3.68. The Morgan fingerprint density at radius 1 is 1.19 bits per heavy atom. The van der Waals surface area contributed by atoms with E-state index < -0.39 is 0 Å². The molecule has 0 atom stereocenters. The number of hydrogen-bond acceptors (Lipinski definition) is 6. The molecule has 7 heteroatoms. The summed E-state index contributed by atoms with van der Waals surface area (Å²) in [6, 6.07) is 5.87. The minimum Gasteiger partial charge on any atom is -0.490 e. The Kier molecular flexibility index (Phi) is 7.97. The van der Waals surface area contributed by atoms with Crippen molar-refractivity contribution in [2.75, 3.05) is 19.5 Å². The van der Waals surface area contributed by atoms with Gasteiger partial charge in [-0.2, -0.15) is 9.78 Å². The molecule has 6 nitrogen and oxygen atoms in total. The van der Waals surface area contributed by atoms with Crippen molar-refractivity contribution in [1.29, 1.82) is 0 Å². The first kappa shape index (κ1) is 20.3. The van der Waals surface area contributed by atoms with E-state index in [1.807, 2.05) is 31.4 Å². The molecule has 0 spiro atoms. The molecular formula is C19H28N4O2S. The molecule has 26 heavy (non-hydrogen) atoms. The molecule has 1 heterocycles. The van der Waals surface area contributed by atoms with Crippen LogP contribution in [-0.2, 0) is 0 Å². The summed E-state index contributed by atoms with van der Waals surface area (Å²) in [6.45, 7) is 9.55. The molecule has 0 saturated heterocycles. The number of hydrogen-bond donors (Lipinski definition) is 0. The molecule has 0 N–H and O–H groups in total. The van der Waals surface area contributed by atoms with Crippen LogP contribution in [0, 0.1) is 0 Å². The molecule has 0 amide bonds. The largest absolute Gasteiger partial charge is 0.490 e.